The van der Waals surface area contributed by atoms with Crippen LogP contribution in [-0.4, -0.2) is 18.1 Å². The van der Waals surface area contributed by atoms with E-state index < -0.39 is 0 Å². The highest BCUT2D eigenvalue weighted by Crippen LogP contribution is 2.33. The third kappa shape index (κ3) is 2.48. The number of aromatic nitrogens is 1. The summed E-state index contributed by atoms with van der Waals surface area (Å²) in [7, 11) is 1.91. The molecule has 0 amide bonds. The topological polar surface area (TPSA) is 42.1 Å². The van der Waals surface area contributed by atoms with Crippen LogP contribution >= 0.6 is 0 Å². The average Bonchev–Trinajstić information content (AvgIpc) is 2.39. The Hall–Kier alpha value is -1.84. The zero-order valence-electron chi connectivity index (χ0n) is 11.7. The SMILES string of the molecule is CCCC(C)N(C)c1c(F)cc(N)c2cccnc12. The van der Waals surface area contributed by atoms with Crippen LogP contribution in [0.4, 0.5) is 15.8 Å². The molecule has 0 saturated carbocycles. The fraction of sp³-hybridized carbons (Fsp3) is 0.400. The second kappa shape index (κ2) is 5.43. The van der Waals surface area contributed by atoms with Crippen molar-refractivity contribution in [1.29, 1.82) is 0 Å². The number of hydrogen-bond acceptors (Lipinski definition) is 3. The van der Waals surface area contributed by atoms with Crippen molar-refractivity contribution in [2.45, 2.75) is 32.7 Å². The van der Waals surface area contributed by atoms with Gasteiger partial charge in [-0.05, 0) is 31.5 Å². The van der Waals surface area contributed by atoms with E-state index in [9.17, 15) is 4.39 Å². The molecule has 0 fully saturated rings. The Morgan fingerprint density at radius 2 is 2.21 bits per heavy atom. The maximum Gasteiger partial charge on any atom is 0.150 e. The van der Waals surface area contributed by atoms with Crippen LogP contribution in [0, 0.1) is 5.82 Å². The molecule has 1 aromatic heterocycles. The van der Waals surface area contributed by atoms with Gasteiger partial charge < -0.3 is 10.6 Å². The first kappa shape index (κ1) is 13.6. The van der Waals surface area contributed by atoms with Crippen LogP contribution in [0.25, 0.3) is 10.9 Å². The first-order valence-corrected chi connectivity index (χ1v) is 6.61. The zero-order valence-corrected chi connectivity index (χ0v) is 11.7. The Balaban J connectivity index is 2.59. The Bertz CT molecular complexity index is 583. The quantitative estimate of drug-likeness (QED) is 0.855. The lowest BCUT2D eigenvalue weighted by Gasteiger charge is -2.28. The molecule has 2 aromatic rings. The van der Waals surface area contributed by atoms with Gasteiger partial charge in [-0.15, -0.1) is 0 Å². The molecule has 4 heteroatoms. The number of halogens is 1. The summed E-state index contributed by atoms with van der Waals surface area (Å²) >= 11 is 0. The number of anilines is 2. The molecule has 0 aliphatic rings. The molecule has 0 aliphatic heterocycles. The van der Waals surface area contributed by atoms with E-state index in [1.165, 1.54) is 6.07 Å². The summed E-state index contributed by atoms with van der Waals surface area (Å²) in [4.78, 5) is 6.26. The molecule has 2 N–H and O–H groups in total. The van der Waals surface area contributed by atoms with Crippen molar-refractivity contribution < 1.29 is 4.39 Å². The van der Waals surface area contributed by atoms with Crippen molar-refractivity contribution in [3.63, 3.8) is 0 Å². The van der Waals surface area contributed by atoms with E-state index in [-0.39, 0.29) is 11.9 Å². The molecule has 19 heavy (non-hydrogen) atoms. The zero-order chi connectivity index (χ0) is 14.0. The second-order valence-electron chi connectivity index (χ2n) is 4.94. The Morgan fingerprint density at radius 1 is 1.47 bits per heavy atom. The van der Waals surface area contributed by atoms with Crippen molar-refractivity contribution in [2.75, 3.05) is 17.7 Å². The number of hydrogen-bond donors (Lipinski definition) is 1. The number of nitrogen functional groups attached to an aromatic ring is 1. The van der Waals surface area contributed by atoms with Gasteiger partial charge in [0, 0.05) is 30.4 Å². The number of nitrogens with two attached hydrogens (primary N) is 1. The highest BCUT2D eigenvalue weighted by molar-refractivity contribution is 5.98. The third-order valence-corrected chi connectivity index (χ3v) is 3.57. The maximum absolute atomic E-state index is 14.3. The lowest BCUT2D eigenvalue weighted by Crippen LogP contribution is -2.29. The van der Waals surface area contributed by atoms with E-state index in [0.29, 0.717) is 16.9 Å². The smallest absolute Gasteiger partial charge is 0.150 e. The molecule has 1 heterocycles. The molecule has 1 atom stereocenters. The van der Waals surface area contributed by atoms with Gasteiger partial charge in [-0.3, -0.25) is 4.98 Å². The molecular formula is C15H20FN3. The number of benzene rings is 1. The summed E-state index contributed by atoms with van der Waals surface area (Å²) < 4.78 is 14.3. The average molecular weight is 261 g/mol. The van der Waals surface area contributed by atoms with Crippen molar-refractivity contribution in [1.82, 2.24) is 4.98 Å². The second-order valence-corrected chi connectivity index (χ2v) is 4.94. The van der Waals surface area contributed by atoms with E-state index in [0.717, 1.165) is 18.2 Å². The van der Waals surface area contributed by atoms with Gasteiger partial charge in [0.2, 0.25) is 0 Å². The van der Waals surface area contributed by atoms with E-state index in [1.54, 1.807) is 6.20 Å². The van der Waals surface area contributed by atoms with Crippen molar-refractivity contribution in [3.8, 4) is 0 Å². The van der Waals surface area contributed by atoms with Crippen LogP contribution < -0.4 is 10.6 Å². The molecule has 0 aliphatic carbocycles. The van der Waals surface area contributed by atoms with E-state index in [4.69, 9.17) is 5.73 Å². The summed E-state index contributed by atoms with van der Waals surface area (Å²) in [6, 6.07) is 5.33. The van der Waals surface area contributed by atoms with Crippen molar-refractivity contribution in [3.05, 3.63) is 30.2 Å². The third-order valence-electron chi connectivity index (χ3n) is 3.57. The largest absolute Gasteiger partial charge is 0.398 e. The lowest BCUT2D eigenvalue weighted by atomic mass is 10.1. The van der Waals surface area contributed by atoms with Crippen LogP contribution in [0.3, 0.4) is 0 Å². The molecule has 0 radical (unpaired) electrons. The minimum absolute atomic E-state index is 0.258. The van der Waals surface area contributed by atoms with Gasteiger partial charge in [0.25, 0.3) is 0 Å². The molecule has 0 spiro atoms. The Kier molecular flexibility index (Phi) is 3.88. The first-order chi connectivity index (χ1) is 9.06. The van der Waals surface area contributed by atoms with Gasteiger partial charge in [0.15, 0.2) is 5.82 Å². The Labute approximate surface area is 113 Å². The summed E-state index contributed by atoms with van der Waals surface area (Å²) in [6.45, 7) is 4.22. The molecule has 1 unspecified atom stereocenters. The van der Waals surface area contributed by atoms with Gasteiger partial charge in [-0.1, -0.05) is 13.3 Å². The highest BCUT2D eigenvalue weighted by Gasteiger charge is 2.18. The van der Waals surface area contributed by atoms with E-state index in [2.05, 4.69) is 18.8 Å². The summed E-state index contributed by atoms with van der Waals surface area (Å²) in [5.74, 6) is -0.311. The van der Waals surface area contributed by atoms with E-state index in [1.807, 2.05) is 24.1 Å². The van der Waals surface area contributed by atoms with Gasteiger partial charge in [-0.2, -0.15) is 0 Å². The van der Waals surface area contributed by atoms with Crippen LogP contribution in [0.15, 0.2) is 24.4 Å². The monoisotopic (exact) mass is 261 g/mol. The van der Waals surface area contributed by atoms with Gasteiger partial charge in [0.1, 0.15) is 0 Å². The van der Waals surface area contributed by atoms with Crippen LogP contribution in [0.5, 0.6) is 0 Å². The predicted octanol–water partition coefficient (Wildman–Crippen LogP) is 3.58. The van der Waals surface area contributed by atoms with E-state index >= 15 is 0 Å². The number of nitrogens with zero attached hydrogens (tertiary/aromatic N) is 2. The Morgan fingerprint density at radius 3 is 2.89 bits per heavy atom. The van der Waals surface area contributed by atoms with Crippen LogP contribution in [0.1, 0.15) is 26.7 Å². The first-order valence-electron chi connectivity index (χ1n) is 6.61. The minimum Gasteiger partial charge on any atom is -0.398 e. The molecule has 102 valence electrons. The summed E-state index contributed by atoms with van der Waals surface area (Å²) in [5, 5.41) is 0.800. The number of rotatable bonds is 4. The fourth-order valence-electron chi connectivity index (χ4n) is 2.39. The van der Waals surface area contributed by atoms with Gasteiger partial charge >= 0.3 is 0 Å². The molecule has 3 nitrogen and oxygen atoms in total. The standard InChI is InChI=1S/C15H20FN3/c1-4-6-10(2)19(3)15-12(16)9-13(17)11-7-5-8-18-14(11)15/h5,7-10H,4,6,17H2,1-3H3. The number of fused-ring (bicyclic) bond motifs is 1. The molecular weight excluding hydrogens is 241 g/mol. The van der Waals surface area contributed by atoms with Crippen molar-refractivity contribution >= 4 is 22.3 Å². The molecule has 1 aromatic carbocycles. The summed E-state index contributed by atoms with van der Waals surface area (Å²) in [6.07, 6.45) is 3.74. The van der Waals surface area contributed by atoms with Crippen LogP contribution in [0.2, 0.25) is 0 Å². The normalized spacial score (nSPS) is 12.6. The van der Waals surface area contributed by atoms with Gasteiger partial charge in [0.05, 0.1) is 11.2 Å². The predicted molar refractivity (Wildman–Crippen MR) is 78.9 cm³/mol. The highest BCUT2D eigenvalue weighted by atomic mass is 19.1. The molecule has 2 rings (SSSR count). The summed E-state index contributed by atoms with van der Waals surface area (Å²) in [5.41, 5.74) is 7.46. The maximum atomic E-state index is 14.3. The fourth-order valence-corrected chi connectivity index (χ4v) is 2.39. The number of pyridine rings is 1. The minimum atomic E-state index is -0.311. The molecule has 0 saturated heterocycles. The molecule has 0 bridgehead atoms. The van der Waals surface area contributed by atoms with Gasteiger partial charge in [-0.25, -0.2) is 4.39 Å². The lowest BCUT2D eigenvalue weighted by molar-refractivity contribution is 0.584. The van der Waals surface area contributed by atoms with Crippen molar-refractivity contribution in [2.24, 2.45) is 0 Å². The van der Waals surface area contributed by atoms with Crippen LogP contribution in [-0.2, 0) is 0 Å².